The number of halogens is 3. The molecule has 3 nitrogen and oxygen atoms in total. The standard InChI is InChI=1S/C15H11F2IN2O/c16-15(17,11-4-2-1-3-5-11)9-21-14-12(18)6-10(8-19)7-13(14)20/h1-7H,9,20H2. The Hall–Kier alpha value is -1.88. The van der Waals surface area contributed by atoms with E-state index in [1.165, 1.54) is 24.3 Å². The molecule has 0 heterocycles. The highest BCUT2D eigenvalue weighted by Crippen LogP contribution is 2.33. The lowest BCUT2D eigenvalue weighted by Crippen LogP contribution is -2.23. The van der Waals surface area contributed by atoms with Crippen LogP contribution in [0.4, 0.5) is 14.5 Å². The minimum Gasteiger partial charge on any atom is -0.484 e. The van der Waals surface area contributed by atoms with Crippen LogP contribution in [0.5, 0.6) is 5.75 Å². The van der Waals surface area contributed by atoms with E-state index in [0.717, 1.165) is 0 Å². The molecule has 0 saturated carbocycles. The summed E-state index contributed by atoms with van der Waals surface area (Å²) in [5.74, 6) is -2.95. The van der Waals surface area contributed by atoms with Gasteiger partial charge in [0, 0.05) is 5.56 Å². The van der Waals surface area contributed by atoms with Crippen LogP contribution in [0.3, 0.4) is 0 Å². The van der Waals surface area contributed by atoms with Crippen LogP contribution < -0.4 is 10.5 Å². The van der Waals surface area contributed by atoms with E-state index in [9.17, 15) is 8.78 Å². The van der Waals surface area contributed by atoms with Crippen molar-refractivity contribution in [1.82, 2.24) is 0 Å². The first-order valence-corrected chi connectivity index (χ1v) is 7.07. The van der Waals surface area contributed by atoms with E-state index >= 15 is 0 Å². The van der Waals surface area contributed by atoms with Gasteiger partial charge >= 0.3 is 5.92 Å². The molecule has 0 unspecified atom stereocenters. The highest BCUT2D eigenvalue weighted by Gasteiger charge is 2.33. The Morgan fingerprint density at radius 1 is 1.24 bits per heavy atom. The monoisotopic (exact) mass is 400 g/mol. The van der Waals surface area contributed by atoms with Crippen molar-refractivity contribution in [1.29, 1.82) is 5.26 Å². The highest BCUT2D eigenvalue weighted by molar-refractivity contribution is 14.1. The van der Waals surface area contributed by atoms with E-state index in [1.54, 1.807) is 18.2 Å². The number of anilines is 1. The summed E-state index contributed by atoms with van der Waals surface area (Å²) >= 11 is 1.90. The smallest absolute Gasteiger partial charge is 0.306 e. The zero-order valence-corrected chi connectivity index (χ0v) is 13.0. The molecule has 0 aliphatic heterocycles. The van der Waals surface area contributed by atoms with Gasteiger partial charge in [-0.05, 0) is 34.7 Å². The molecule has 2 aromatic carbocycles. The van der Waals surface area contributed by atoms with E-state index in [4.69, 9.17) is 15.7 Å². The Kier molecular flexibility index (Phi) is 4.63. The fraction of sp³-hybridized carbons (Fsp3) is 0.133. The minimum absolute atomic E-state index is 0.118. The molecule has 0 aromatic heterocycles. The first-order chi connectivity index (χ1) is 9.94. The van der Waals surface area contributed by atoms with Crippen LogP contribution in [-0.2, 0) is 5.92 Å². The molecule has 0 saturated heterocycles. The maximum atomic E-state index is 14.0. The molecule has 0 spiro atoms. The maximum Gasteiger partial charge on any atom is 0.306 e. The Balaban J connectivity index is 2.19. The molecule has 21 heavy (non-hydrogen) atoms. The first kappa shape index (κ1) is 15.5. The van der Waals surface area contributed by atoms with Crippen LogP contribution in [0.2, 0.25) is 0 Å². The second-order valence-corrected chi connectivity index (χ2v) is 5.51. The Morgan fingerprint density at radius 2 is 1.90 bits per heavy atom. The highest BCUT2D eigenvalue weighted by atomic mass is 127. The van der Waals surface area contributed by atoms with E-state index in [2.05, 4.69) is 0 Å². The van der Waals surface area contributed by atoms with Gasteiger partial charge in [0.15, 0.2) is 12.4 Å². The molecule has 0 bridgehead atoms. The molecular weight excluding hydrogens is 389 g/mol. The molecule has 108 valence electrons. The number of nitrogens with zero attached hydrogens (tertiary/aromatic N) is 1. The summed E-state index contributed by atoms with van der Waals surface area (Å²) in [6.45, 7) is -0.816. The first-order valence-electron chi connectivity index (χ1n) is 5.99. The molecule has 2 N–H and O–H groups in total. The predicted molar refractivity (Wildman–Crippen MR) is 84.1 cm³/mol. The molecule has 0 aliphatic rings. The molecular formula is C15H11F2IN2O. The topological polar surface area (TPSA) is 59.0 Å². The quantitative estimate of drug-likeness (QED) is 0.626. The fourth-order valence-corrected chi connectivity index (χ4v) is 2.56. The number of benzene rings is 2. The van der Waals surface area contributed by atoms with E-state index < -0.39 is 12.5 Å². The molecule has 0 aliphatic carbocycles. The largest absolute Gasteiger partial charge is 0.484 e. The SMILES string of the molecule is N#Cc1cc(N)c(OCC(F)(F)c2ccccc2)c(I)c1. The van der Waals surface area contributed by atoms with Crippen LogP contribution in [0.1, 0.15) is 11.1 Å². The van der Waals surface area contributed by atoms with E-state index in [-0.39, 0.29) is 17.0 Å². The van der Waals surface area contributed by atoms with Crippen molar-refractivity contribution in [3.63, 3.8) is 0 Å². The van der Waals surface area contributed by atoms with Gasteiger partial charge in [-0.1, -0.05) is 30.3 Å². The van der Waals surface area contributed by atoms with Gasteiger partial charge in [0.2, 0.25) is 0 Å². The van der Waals surface area contributed by atoms with Gasteiger partial charge in [-0.3, -0.25) is 0 Å². The van der Waals surface area contributed by atoms with Gasteiger partial charge in [-0.2, -0.15) is 14.0 Å². The number of ether oxygens (including phenoxy) is 1. The average molecular weight is 400 g/mol. The van der Waals surface area contributed by atoms with Gasteiger partial charge in [0.1, 0.15) is 0 Å². The normalized spacial score (nSPS) is 11.0. The third kappa shape index (κ3) is 3.61. The summed E-state index contributed by atoms with van der Waals surface area (Å²) in [6, 6.07) is 12.3. The summed E-state index contributed by atoms with van der Waals surface area (Å²) in [6.07, 6.45) is 0. The van der Waals surface area contributed by atoms with Gasteiger partial charge in [-0.15, -0.1) is 0 Å². The lowest BCUT2D eigenvalue weighted by atomic mass is 10.1. The molecule has 6 heteroatoms. The fourth-order valence-electron chi connectivity index (χ4n) is 1.76. The van der Waals surface area contributed by atoms with Crippen LogP contribution in [0.15, 0.2) is 42.5 Å². The summed E-state index contributed by atoms with van der Waals surface area (Å²) in [5, 5.41) is 8.82. The van der Waals surface area contributed by atoms with E-state index in [0.29, 0.717) is 9.13 Å². The van der Waals surface area contributed by atoms with Gasteiger partial charge in [-0.25, -0.2) is 0 Å². The second kappa shape index (κ2) is 6.26. The van der Waals surface area contributed by atoms with Crippen molar-refractivity contribution in [2.45, 2.75) is 5.92 Å². The number of nitrogen functional groups attached to an aromatic ring is 1. The molecule has 2 rings (SSSR count). The van der Waals surface area contributed by atoms with Crippen molar-refractivity contribution in [3.05, 3.63) is 57.2 Å². The van der Waals surface area contributed by atoms with E-state index in [1.807, 2.05) is 28.7 Å². The van der Waals surface area contributed by atoms with Crippen molar-refractivity contribution in [3.8, 4) is 11.8 Å². The lowest BCUT2D eigenvalue weighted by Gasteiger charge is -2.19. The van der Waals surface area contributed by atoms with Crippen LogP contribution in [0.25, 0.3) is 0 Å². The molecule has 2 aromatic rings. The Morgan fingerprint density at radius 3 is 2.48 bits per heavy atom. The summed E-state index contributed by atoms with van der Waals surface area (Å²) < 4.78 is 33.8. The zero-order valence-electron chi connectivity index (χ0n) is 10.8. The minimum atomic E-state index is -3.12. The van der Waals surface area contributed by atoms with Crippen LogP contribution in [0, 0.1) is 14.9 Å². The maximum absolute atomic E-state index is 14.0. The average Bonchev–Trinajstić information content (AvgIpc) is 2.47. The summed E-state index contributed by atoms with van der Waals surface area (Å²) in [4.78, 5) is 0. The van der Waals surface area contributed by atoms with Gasteiger partial charge in [0.25, 0.3) is 0 Å². The predicted octanol–water partition coefficient (Wildman–Crippen LogP) is 3.92. The van der Waals surface area contributed by atoms with Crippen molar-refractivity contribution < 1.29 is 13.5 Å². The van der Waals surface area contributed by atoms with Gasteiger partial charge in [0.05, 0.1) is 20.9 Å². The number of nitriles is 1. The molecule has 0 fully saturated rings. The van der Waals surface area contributed by atoms with Crippen molar-refractivity contribution >= 4 is 28.3 Å². The summed E-state index contributed by atoms with van der Waals surface area (Å²) in [7, 11) is 0. The van der Waals surface area contributed by atoms with Crippen molar-refractivity contribution in [2.75, 3.05) is 12.3 Å². The Labute approximate surface area is 134 Å². The lowest BCUT2D eigenvalue weighted by molar-refractivity contribution is -0.0467. The third-order valence-corrected chi connectivity index (χ3v) is 3.60. The molecule has 0 atom stereocenters. The number of hydrogen-bond donors (Lipinski definition) is 1. The molecule has 0 amide bonds. The summed E-state index contributed by atoms with van der Waals surface area (Å²) in [5.41, 5.74) is 6.15. The molecule has 0 radical (unpaired) electrons. The third-order valence-electron chi connectivity index (χ3n) is 2.80. The van der Waals surface area contributed by atoms with Gasteiger partial charge < -0.3 is 10.5 Å². The number of alkyl halides is 2. The number of rotatable bonds is 4. The van der Waals surface area contributed by atoms with Crippen LogP contribution >= 0.6 is 22.6 Å². The van der Waals surface area contributed by atoms with Crippen molar-refractivity contribution in [2.24, 2.45) is 0 Å². The Bertz CT molecular complexity index is 661. The second-order valence-electron chi connectivity index (χ2n) is 4.35. The number of hydrogen-bond acceptors (Lipinski definition) is 3. The zero-order chi connectivity index (χ0) is 15.5. The van der Waals surface area contributed by atoms with Crippen LogP contribution in [-0.4, -0.2) is 6.61 Å². The number of nitrogens with two attached hydrogens (primary N) is 1.